The molecular weight excluding hydrogens is 240 g/mol. The second-order valence-corrected chi connectivity index (χ2v) is 5.43. The van der Waals surface area contributed by atoms with Crippen molar-refractivity contribution in [3.63, 3.8) is 0 Å². The topological polar surface area (TPSA) is 63.1 Å². The molecule has 1 aliphatic carbocycles. The van der Waals surface area contributed by atoms with Crippen molar-refractivity contribution in [3.8, 4) is 0 Å². The molecule has 104 valence electrons. The van der Waals surface area contributed by atoms with E-state index in [1.165, 1.54) is 19.0 Å². The summed E-state index contributed by atoms with van der Waals surface area (Å²) < 4.78 is 0. The molecule has 19 heavy (non-hydrogen) atoms. The Balaban J connectivity index is 2.23. The summed E-state index contributed by atoms with van der Waals surface area (Å²) >= 11 is 0. The van der Waals surface area contributed by atoms with Gasteiger partial charge in [0.25, 0.3) is 0 Å². The molecule has 1 aromatic rings. The smallest absolute Gasteiger partial charge is 0.339 e. The highest BCUT2D eigenvalue weighted by atomic mass is 16.4. The Morgan fingerprint density at radius 3 is 2.79 bits per heavy atom. The number of carbonyl (C=O) groups is 1. The fourth-order valence-electron chi connectivity index (χ4n) is 2.92. The van der Waals surface area contributed by atoms with Crippen LogP contribution in [0.15, 0.2) is 6.20 Å². The van der Waals surface area contributed by atoms with Crippen LogP contribution >= 0.6 is 0 Å². The van der Waals surface area contributed by atoms with E-state index in [2.05, 4.69) is 16.9 Å². The van der Waals surface area contributed by atoms with Gasteiger partial charge in [-0.2, -0.15) is 0 Å². The Bertz CT molecular complexity index is 459. The van der Waals surface area contributed by atoms with Gasteiger partial charge in [-0.05, 0) is 31.6 Å². The summed E-state index contributed by atoms with van der Waals surface area (Å²) in [4.78, 5) is 20.0. The van der Waals surface area contributed by atoms with Crippen LogP contribution in [0.3, 0.4) is 0 Å². The predicted octanol–water partition coefficient (Wildman–Crippen LogP) is 3.42. The van der Waals surface area contributed by atoms with Gasteiger partial charge in [0, 0.05) is 12.1 Å². The Labute approximate surface area is 114 Å². The lowest BCUT2D eigenvalue weighted by molar-refractivity contribution is 0.0694. The van der Waals surface area contributed by atoms with Crippen molar-refractivity contribution < 1.29 is 9.90 Å². The zero-order valence-corrected chi connectivity index (χ0v) is 11.7. The minimum Gasteiger partial charge on any atom is -0.478 e. The van der Waals surface area contributed by atoms with Gasteiger partial charge in [-0.25, -0.2) is 14.8 Å². The summed E-state index contributed by atoms with van der Waals surface area (Å²) in [5.74, 6) is 1.13. The van der Waals surface area contributed by atoms with Crippen LogP contribution < -0.4 is 0 Å². The van der Waals surface area contributed by atoms with E-state index in [1.54, 1.807) is 0 Å². The Morgan fingerprint density at radius 1 is 1.42 bits per heavy atom. The molecule has 2 rings (SSSR count). The first kappa shape index (κ1) is 14.0. The number of hydrogen-bond donors (Lipinski definition) is 1. The second-order valence-electron chi connectivity index (χ2n) is 5.43. The standard InChI is InChI=1S/C15H22N2O2/c1-3-5-13-12(15(18)19)9-16-14(17-13)11-7-6-10(4-2)8-11/h9-11H,3-8H2,1-2H3,(H,18,19). The molecule has 1 N–H and O–H groups in total. The third kappa shape index (κ3) is 3.11. The molecule has 0 radical (unpaired) electrons. The normalized spacial score (nSPS) is 22.6. The van der Waals surface area contributed by atoms with E-state index in [0.717, 1.165) is 31.0 Å². The fraction of sp³-hybridized carbons (Fsp3) is 0.667. The fourth-order valence-corrected chi connectivity index (χ4v) is 2.92. The first-order chi connectivity index (χ1) is 9.15. The number of hydrogen-bond acceptors (Lipinski definition) is 3. The Kier molecular flexibility index (Phi) is 4.51. The molecule has 0 aliphatic heterocycles. The van der Waals surface area contributed by atoms with Crippen molar-refractivity contribution in [3.05, 3.63) is 23.3 Å². The molecule has 1 fully saturated rings. The van der Waals surface area contributed by atoms with E-state index in [-0.39, 0.29) is 5.56 Å². The third-order valence-electron chi connectivity index (χ3n) is 4.09. The van der Waals surface area contributed by atoms with Crippen molar-refractivity contribution in [2.75, 3.05) is 0 Å². The van der Waals surface area contributed by atoms with E-state index in [4.69, 9.17) is 5.11 Å². The largest absolute Gasteiger partial charge is 0.478 e. The molecule has 0 spiro atoms. The van der Waals surface area contributed by atoms with Gasteiger partial charge in [0.2, 0.25) is 0 Å². The Hall–Kier alpha value is -1.45. The van der Waals surface area contributed by atoms with Crippen molar-refractivity contribution >= 4 is 5.97 Å². The number of carboxylic acids is 1. The van der Waals surface area contributed by atoms with Gasteiger partial charge < -0.3 is 5.11 Å². The molecule has 1 heterocycles. The molecule has 0 saturated heterocycles. The summed E-state index contributed by atoms with van der Waals surface area (Å²) in [5, 5.41) is 9.15. The van der Waals surface area contributed by atoms with Crippen molar-refractivity contribution in [2.24, 2.45) is 5.92 Å². The highest BCUT2D eigenvalue weighted by molar-refractivity contribution is 5.88. The third-order valence-corrected chi connectivity index (χ3v) is 4.09. The van der Waals surface area contributed by atoms with Gasteiger partial charge in [-0.1, -0.05) is 26.7 Å². The van der Waals surface area contributed by atoms with Crippen molar-refractivity contribution in [1.82, 2.24) is 9.97 Å². The van der Waals surface area contributed by atoms with Crippen LogP contribution in [-0.4, -0.2) is 21.0 Å². The van der Waals surface area contributed by atoms with Gasteiger partial charge in [0.1, 0.15) is 5.82 Å². The quantitative estimate of drug-likeness (QED) is 0.883. The van der Waals surface area contributed by atoms with Gasteiger partial charge in [-0.3, -0.25) is 0 Å². The summed E-state index contributed by atoms with van der Waals surface area (Å²) in [6.45, 7) is 4.26. The maximum atomic E-state index is 11.1. The maximum Gasteiger partial charge on any atom is 0.339 e. The first-order valence-corrected chi connectivity index (χ1v) is 7.24. The highest BCUT2D eigenvalue weighted by Crippen LogP contribution is 2.38. The summed E-state index contributed by atoms with van der Waals surface area (Å²) in [7, 11) is 0. The monoisotopic (exact) mass is 262 g/mol. The second kappa shape index (κ2) is 6.13. The Morgan fingerprint density at radius 2 is 2.21 bits per heavy atom. The number of rotatable bonds is 5. The number of aromatic nitrogens is 2. The summed E-state index contributed by atoms with van der Waals surface area (Å²) in [6, 6.07) is 0. The molecule has 2 atom stereocenters. The zero-order chi connectivity index (χ0) is 13.8. The van der Waals surface area contributed by atoms with Crippen LogP contribution in [0.5, 0.6) is 0 Å². The molecule has 2 unspecified atom stereocenters. The van der Waals surface area contributed by atoms with E-state index < -0.39 is 5.97 Å². The average molecular weight is 262 g/mol. The van der Waals surface area contributed by atoms with Crippen LogP contribution in [0, 0.1) is 5.92 Å². The van der Waals surface area contributed by atoms with E-state index in [1.807, 2.05) is 6.92 Å². The predicted molar refractivity (Wildman–Crippen MR) is 73.4 cm³/mol. The average Bonchev–Trinajstić information content (AvgIpc) is 2.87. The minimum atomic E-state index is -0.923. The van der Waals surface area contributed by atoms with E-state index in [9.17, 15) is 4.79 Å². The lowest BCUT2D eigenvalue weighted by Gasteiger charge is -2.11. The number of aromatic carboxylic acids is 1. The molecule has 4 heteroatoms. The molecule has 4 nitrogen and oxygen atoms in total. The molecule has 1 aliphatic rings. The minimum absolute atomic E-state index is 0.260. The number of carboxylic acid groups (broad SMARTS) is 1. The van der Waals surface area contributed by atoms with E-state index in [0.29, 0.717) is 18.0 Å². The van der Waals surface area contributed by atoms with Crippen LogP contribution in [-0.2, 0) is 6.42 Å². The van der Waals surface area contributed by atoms with Gasteiger partial charge in [0.05, 0.1) is 11.3 Å². The van der Waals surface area contributed by atoms with Crippen molar-refractivity contribution in [1.29, 1.82) is 0 Å². The summed E-state index contributed by atoms with van der Waals surface area (Å²) in [6.07, 6.45) is 7.85. The number of aryl methyl sites for hydroxylation is 1. The molecule has 0 bridgehead atoms. The van der Waals surface area contributed by atoms with Crippen LogP contribution in [0.2, 0.25) is 0 Å². The van der Waals surface area contributed by atoms with Crippen LogP contribution in [0.4, 0.5) is 0 Å². The van der Waals surface area contributed by atoms with Crippen molar-refractivity contribution in [2.45, 2.75) is 58.3 Å². The lowest BCUT2D eigenvalue weighted by Crippen LogP contribution is -2.11. The van der Waals surface area contributed by atoms with Crippen LogP contribution in [0.25, 0.3) is 0 Å². The van der Waals surface area contributed by atoms with E-state index >= 15 is 0 Å². The maximum absolute atomic E-state index is 11.1. The highest BCUT2D eigenvalue weighted by Gasteiger charge is 2.27. The molecule has 1 aromatic heterocycles. The molecular formula is C15H22N2O2. The molecule has 1 saturated carbocycles. The SMILES string of the molecule is CCCc1nc(C2CCC(CC)C2)ncc1C(=O)O. The number of nitrogens with zero attached hydrogens (tertiary/aromatic N) is 2. The van der Waals surface area contributed by atoms with Gasteiger partial charge >= 0.3 is 5.97 Å². The molecule has 0 aromatic carbocycles. The molecule has 0 amide bonds. The van der Waals surface area contributed by atoms with Gasteiger partial charge in [0.15, 0.2) is 0 Å². The zero-order valence-electron chi connectivity index (χ0n) is 11.7. The summed E-state index contributed by atoms with van der Waals surface area (Å²) in [5.41, 5.74) is 0.954. The lowest BCUT2D eigenvalue weighted by atomic mass is 10.0. The van der Waals surface area contributed by atoms with Gasteiger partial charge in [-0.15, -0.1) is 0 Å². The van der Waals surface area contributed by atoms with Crippen LogP contribution in [0.1, 0.15) is 73.7 Å². The first-order valence-electron chi connectivity index (χ1n) is 7.24.